The molecule has 17 heavy (non-hydrogen) atoms. The Morgan fingerprint density at radius 1 is 1.35 bits per heavy atom. The molecule has 1 atom stereocenters. The maximum absolute atomic E-state index is 11.8. The van der Waals surface area contributed by atoms with Gasteiger partial charge in [0.1, 0.15) is 0 Å². The van der Waals surface area contributed by atoms with Gasteiger partial charge in [-0.15, -0.1) is 0 Å². The van der Waals surface area contributed by atoms with E-state index in [1.54, 1.807) is 0 Å². The van der Waals surface area contributed by atoms with E-state index in [2.05, 4.69) is 10.0 Å². The standard InChI is InChI=1S/C11H24N2O3S/c1-3-12-7-4-5-9-17(14,15)13-11(2)6-8-16-10-11/h12-13H,3-10H2,1-2H3. The van der Waals surface area contributed by atoms with Crippen LogP contribution in [0.25, 0.3) is 0 Å². The molecule has 0 aromatic carbocycles. The molecule has 0 aromatic heterocycles. The Kier molecular flexibility index (Phi) is 5.85. The van der Waals surface area contributed by atoms with Crippen molar-refractivity contribution in [3.05, 3.63) is 0 Å². The summed E-state index contributed by atoms with van der Waals surface area (Å²) >= 11 is 0. The summed E-state index contributed by atoms with van der Waals surface area (Å²) < 4.78 is 31.7. The van der Waals surface area contributed by atoms with Gasteiger partial charge in [-0.25, -0.2) is 13.1 Å². The zero-order valence-electron chi connectivity index (χ0n) is 10.8. The van der Waals surface area contributed by atoms with Crippen molar-refractivity contribution < 1.29 is 13.2 Å². The molecule has 0 radical (unpaired) electrons. The molecule has 1 saturated heterocycles. The predicted molar refractivity (Wildman–Crippen MR) is 68.5 cm³/mol. The number of hydrogen-bond acceptors (Lipinski definition) is 4. The Morgan fingerprint density at radius 2 is 2.12 bits per heavy atom. The molecular formula is C11H24N2O3S. The summed E-state index contributed by atoms with van der Waals surface area (Å²) in [7, 11) is -3.17. The molecular weight excluding hydrogens is 240 g/mol. The molecule has 5 nitrogen and oxygen atoms in total. The Labute approximate surface area is 104 Å². The van der Waals surface area contributed by atoms with Crippen LogP contribution in [-0.2, 0) is 14.8 Å². The van der Waals surface area contributed by atoms with Crippen molar-refractivity contribution in [1.82, 2.24) is 10.0 Å². The zero-order chi connectivity index (χ0) is 12.8. The van der Waals surface area contributed by atoms with E-state index < -0.39 is 15.6 Å². The SMILES string of the molecule is CCNCCCCS(=O)(=O)NC1(C)CCOC1. The topological polar surface area (TPSA) is 67.4 Å². The Hall–Kier alpha value is -0.170. The summed E-state index contributed by atoms with van der Waals surface area (Å²) in [5, 5.41) is 3.18. The summed E-state index contributed by atoms with van der Waals surface area (Å²) in [6.45, 7) is 6.87. The fraction of sp³-hybridized carbons (Fsp3) is 1.00. The van der Waals surface area contributed by atoms with Crippen LogP contribution in [0.2, 0.25) is 0 Å². The normalized spacial score (nSPS) is 25.3. The molecule has 0 aromatic rings. The molecule has 1 rings (SSSR count). The molecule has 1 unspecified atom stereocenters. The van der Waals surface area contributed by atoms with Gasteiger partial charge in [-0.3, -0.25) is 0 Å². The number of hydrogen-bond donors (Lipinski definition) is 2. The van der Waals surface area contributed by atoms with Crippen LogP contribution in [0.15, 0.2) is 0 Å². The van der Waals surface area contributed by atoms with Crippen LogP contribution in [0.3, 0.4) is 0 Å². The molecule has 0 bridgehead atoms. The first kappa shape index (κ1) is 14.9. The van der Waals surface area contributed by atoms with Gasteiger partial charge in [0.25, 0.3) is 0 Å². The first-order valence-corrected chi connectivity index (χ1v) is 7.93. The second kappa shape index (κ2) is 6.68. The van der Waals surface area contributed by atoms with E-state index >= 15 is 0 Å². The van der Waals surface area contributed by atoms with Crippen LogP contribution in [0, 0.1) is 0 Å². The summed E-state index contributed by atoms with van der Waals surface area (Å²) in [4.78, 5) is 0. The quantitative estimate of drug-likeness (QED) is 0.626. The Balaban J connectivity index is 2.26. The lowest BCUT2D eigenvalue weighted by Gasteiger charge is -2.23. The van der Waals surface area contributed by atoms with Crippen molar-refractivity contribution in [3.8, 4) is 0 Å². The first-order valence-electron chi connectivity index (χ1n) is 6.27. The lowest BCUT2D eigenvalue weighted by molar-refractivity contribution is 0.178. The predicted octanol–water partition coefficient (Wildman–Crippen LogP) is 0.475. The summed E-state index contributed by atoms with van der Waals surface area (Å²) in [6.07, 6.45) is 2.34. The minimum atomic E-state index is -3.17. The maximum Gasteiger partial charge on any atom is 0.212 e. The van der Waals surface area contributed by atoms with Gasteiger partial charge in [-0.1, -0.05) is 6.92 Å². The van der Waals surface area contributed by atoms with Gasteiger partial charge in [0.2, 0.25) is 10.0 Å². The highest BCUT2D eigenvalue weighted by atomic mass is 32.2. The maximum atomic E-state index is 11.8. The molecule has 6 heteroatoms. The number of rotatable bonds is 8. The van der Waals surface area contributed by atoms with Crippen LogP contribution in [0.1, 0.15) is 33.1 Å². The van der Waals surface area contributed by atoms with Crippen LogP contribution < -0.4 is 10.0 Å². The molecule has 0 amide bonds. The average molecular weight is 264 g/mol. The van der Waals surface area contributed by atoms with E-state index in [1.165, 1.54) is 0 Å². The highest BCUT2D eigenvalue weighted by Crippen LogP contribution is 2.18. The molecule has 1 aliphatic rings. The van der Waals surface area contributed by atoms with Crippen LogP contribution in [0.5, 0.6) is 0 Å². The second-order valence-electron chi connectivity index (χ2n) is 4.84. The van der Waals surface area contributed by atoms with E-state index in [-0.39, 0.29) is 5.75 Å². The smallest absolute Gasteiger partial charge is 0.212 e. The number of unbranched alkanes of at least 4 members (excludes halogenated alkanes) is 1. The van der Waals surface area contributed by atoms with E-state index in [4.69, 9.17) is 4.74 Å². The first-order chi connectivity index (χ1) is 7.97. The Bertz CT molecular complexity index is 311. The molecule has 1 heterocycles. The monoisotopic (exact) mass is 264 g/mol. The van der Waals surface area contributed by atoms with E-state index in [1.807, 2.05) is 13.8 Å². The van der Waals surface area contributed by atoms with Crippen molar-refractivity contribution in [2.45, 2.75) is 38.6 Å². The molecule has 0 spiro atoms. The molecule has 1 aliphatic heterocycles. The van der Waals surface area contributed by atoms with Crippen LogP contribution >= 0.6 is 0 Å². The van der Waals surface area contributed by atoms with Gasteiger partial charge >= 0.3 is 0 Å². The summed E-state index contributed by atoms with van der Waals surface area (Å²) in [6, 6.07) is 0. The lowest BCUT2D eigenvalue weighted by Crippen LogP contribution is -2.47. The molecule has 0 saturated carbocycles. The van der Waals surface area contributed by atoms with E-state index in [9.17, 15) is 8.42 Å². The minimum Gasteiger partial charge on any atom is -0.379 e. The highest BCUT2D eigenvalue weighted by molar-refractivity contribution is 7.89. The van der Waals surface area contributed by atoms with Gasteiger partial charge in [-0.05, 0) is 39.3 Å². The van der Waals surface area contributed by atoms with Gasteiger partial charge in [0, 0.05) is 6.61 Å². The summed E-state index contributed by atoms with van der Waals surface area (Å²) in [5.41, 5.74) is -0.402. The third-order valence-electron chi connectivity index (χ3n) is 2.89. The number of nitrogens with one attached hydrogen (secondary N) is 2. The largest absolute Gasteiger partial charge is 0.379 e. The van der Waals surface area contributed by atoms with Gasteiger partial charge < -0.3 is 10.1 Å². The van der Waals surface area contributed by atoms with Crippen LogP contribution in [0.4, 0.5) is 0 Å². The Morgan fingerprint density at radius 3 is 2.71 bits per heavy atom. The fourth-order valence-electron chi connectivity index (χ4n) is 1.89. The molecule has 2 N–H and O–H groups in total. The summed E-state index contributed by atoms with van der Waals surface area (Å²) in [5.74, 6) is 0.202. The van der Waals surface area contributed by atoms with Gasteiger partial charge in [-0.2, -0.15) is 0 Å². The molecule has 0 aliphatic carbocycles. The van der Waals surface area contributed by atoms with Gasteiger partial charge in [0.15, 0.2) is 0 Å². The molecule has 102 valence electrons. The van der Waals surface area contributed by atoms with Gasteiger partial charge in [0.05, 0.1) is 17.9 Å². The van der Waals surface area contributed by atoms with Crippen molar-refractivity contribution in [1.29, 1.82) is 0 Å². The van der Waals surface area contributed by atoms with E-state index in [0.717, 1.165) is 25.9 Å². The van der Waals surface area contributed by atoms with Crippen molar-refractivity contribution >= 4 is 10.0 Å². The number of ether oxygens (including phenoxy) is 1. The average Bonchev–Trinajstić information content (AvgIpc) is 2.63. The fourth-order valence-corrected chi connectivity index (χ4v) is 3.49. The van der Waals surface area contributed by atoms with Crippen molar-refractivity contribution in [2.75, 3.05) is 32.1 Å². The third-order valence-corrected chi connectivity index (χ3v) is 4.52. The zero-order valence-corrected chi connectivity index (χ0v) is 11.6. The highest BCUT2D eigenvalue weighted by Gasteiger charge is 2.33. The van der Waals surface area contributed by atoms with Crippen LogP contribution in [-0.4, -0.2) is 46.0 Å². The number of sulfonamides is 1. The second-order valence-corrected chi connectivity index (χ2v) is 6.69. The minimum absolute atomic E-state index is 0.202. The lowest BCUT2D eigenvalue weighted by atomic mass is 10.0. The van der Waals surface area contributed by atoms with Crippen molar-refractivity contribution in [2.24, 2.45) is 0 Å². The van der Waals surface area contributed by atoms with E-state index in [0.29, 0.717) is 19.6 Å². The third kappa shape index (κ3) is 5.81. The molecule has 1 fully saturated rings. The van der Waals surface area contributed by atoms with Crippen molar-refractivity contribution in [3.63, 3.8) is 0 Å².